The maximum absolute atomic E-state index is 12.9. The van der Waals surface area contributed by atoms with Gasteiger partial charge in [-0.15, -0.1) is 21.5 Å². The number of carbonyl (C=O) groups is 1. The van der Waals surface area contributed by atoms with E-state index in [-0.39, 0.29) is 11.8 Å². The van der Waals surface area contributed by atoms with Crippen molar-refractivity contribution in [3.8, 4) is 10.8 Å². The van der Waals surface area contributed by atoms with Crippen LogP contribution in [0, 0.1) is 0 Å². The van der Waals surface area contributed by atoms with E-state index in [0.29, 0.717) is 16.4 Å². The van der Waals surface area contributed by atoms with Crippen molar-refractivity contribution in [2.24, 2.45) is 0 Å². The Morgan fingerprint density at radius 2 is 2.15 bits per heavy atom. The molecule has 2 aliphatic rings. The Morgan fingerprint density at radius 1 is 1.31 bits per heavy atom. The molecule has 1 aliphatic heterocycles. The summed E-state index contributed by atoms with van der Waals surface area (Å²) in [6, 6.07) is 1.90. The number of rotatable bonds is 4. The lowest BCUT2D eigenvalue weighted by molar-refractivity contribution is -0.120. The first-order valence-corrected chi connectivity index (χ1v) is 8.73. The van der Waals surface area contributed by atoms with E-state index in [2.05, 4.69) is 20.2 Å². The highest BCUT2D eigenvalue weighted by molar-refractivity contribution is 7.15. The molecule has 0 N–H and O–H groups in total. The van der Waals surface area contributed by atoms with Crippen LogP contribution in [0.15, 0.2) is 29.1 Å². The van der Waals surface area contributed by atoms with Gasteiger partial charge >= 0.3 is 6.43 Å². The van der Waals surface area contributed by atoms with Crippen molar-refractivity contribution in [3.05, 3.63) is 41.1 Å². The Hall–Kier alpha value is -2.75. The molecule has 0 aromatic carbocycles. The molecule has 5 rings (SSSR count). The second-order valence-electron chi connectivity index (χ2n) is 6.23. The van der Waals surface area contributed by atoms with Crippen LogP contribution in [-0.2, 0) is 16.8 Å². The lowest BCUT2D eigenvalue weighted by Gasteiger charge is -2.15. The lowest BCUT2D eigenvalue weighted by atomic mass is 9.99. The number of amides is 1. The maximum atomic E-state index is 12.9. The molecule has 0 atom stereocenters. The summed E-state index contributed by atoms with van der Waals surface area (Å²) >= 11 is 1.23. The molecule has 1 saturated carbocycles. The minimum Gasteiger partial charge on any atom is -0.414 e. The summed E-state index contributed by atoms with van der Waals surface area (Å²) in [5.74, 6) is -0.659. The van der Waals surface area contributed by atoms with Crippen LogP contribution in [0.25, 0.3) is 10.8 Å². The van der Waals surface area contributed by atoms with Crippen LogP contribution < -0.4 is 4.90 Å². The van der Waals surface area contributed by atoms with Crippen molar-refractivity contribution < 1.29 is 18.0 Å². The van der Waals surface area contributed by atoms with Gasteiger partial charge in [-0.3, -0.25) is 9.78 Å². The van der Waals surface area contributed by atoms with Gasteiger partial charge in [0, 0.05) is 6.20 Å². The third-order valence-corrected chi connectivity index (χ3v) is 5.67. The Balaban J connectivity index is 1.42. The van der Waals surface area contributed by atoms with E-state index in [9.17, 15) is 13.6 Å². The largest absolute Gasteiger partial charge is 0.414 e. The number of anilines is 1. The van der Waals surface area contributed by atoms with Crippen LogP contribution in [0.1, 0.15) is 35.7 Å². The van der Waals surface area contributed by atoms with Gasteiger partial charge in [0.25, 0.3) is 11.8 Å². The molecular weight excluding hydrogens is 364 g/mol. The van der Waals surface area contributed by atoms with Crippen molar-refractivity contribution in [2.45, 2.75) is 31.2 Å². The highest BCUT2D eigenvalue weighted by Gasteiger charge is 2.59. The van der Waals surface area contributed by atoms with Crippen molar-refractivity contribution in [1.82, 2.24) is 20.2 Å². The Kier molecular flexibility index (Phi) is 3.20. The Bertz CT molecular complexity index is 1010. The van der Waals surface area contributed by atoms with Gasteiger partial charge in [-0.1, -0.05) is 0 Å². The van der Waals surface area contributed by atoms with E-state index in [1.165, 1.54) is 17.5 Å². The second kappa shape index (κ2) is 5.37. The molecule has 1 fully saturated rings. The fourth-order valence-corrected chi connectivity index (χ4v) is 4.12. The molecule has 26 heavy (non-hydrogen) atoms. The Morgan fingerprint density at radius 3 is 2.88 bits per heavy atom. The van der Waals surface area contributed by atoms with Gasteiger partial charge in [0.15, 0.2) is 0 Å². The van der Waals surface area contributed by atoms with E-state index >= 15 is 0 Å². The summed E-state index contributed by atoms with van der Waals surface area (Å²) in [6.45, 7) is 0.291. The molecule has 0 saturated heterocycles. The van der Waals surface area contributed by atoms with Crippen LogP contribution >= 0.6 is 11.3 Å². The molecule has 0 unspecified atom stereocenters. The molecule has 3 aromatic heterocycles. The zero-order valence-electron chi connectivity index (χ0n) is 13.2. The van der Waals surface area contributed by atoms with Crippen molar-refractivity contribution >= 4 is 22.9 Å². The predicted molar refractivity (Wildman–Crippen MR) is 86.7 cm³/mol. The minimum absolute atomic E-state index is 0.00229. The average molecular weight is 375 g/mol. The summed E-state index contributed by atoms with van der Waals surface area (Å²) in [5.41, 5.74) is 1.44. The number of hydrogen-bond acceptors (Lipinski definition) is 7. The third kappa shape index (κ3) is 2.18. The quantitative estimate of drug-likeness (QED) is 0.697. The highest BCUT2D eigenvalue weighted by atomic mass is 32.1. The summed E-state index contributed by atoms with van der Waals surface area (Å²) in [5, 5.41) is 7.58. The summed E-state index contributed by atoms with van der Waals surface area (Å²) in [7, 11) is 0. The highest BCUT2D eigenvalue weighted by Crippen LogP contribution is 2.57. The first-order valence-electron chi connectivity index (χ1n) is 7.91. The molecule has 1 aliphatic carbocycles. The third-order valence-electron chi connectivity index (χ3n) is 4.70. The van der Waals surface area contributed by atoms with Gasteiger partial charge in [0.1, 0.15) is 9.88 Å². The SMILES string of the molecule is O=C1N(Cc2ncc(-c3nnc(C(F)F)o3)s2)c2cnccc2C12CC2. The van der Waals surface area contributed by atoms with E-state index in [4.69, 9.17) is 4.42 Å². The van der Waals surface area contributed by atoms with Crippen molar-refractivity contribution in [1.29, 1.82) is 0 Å². The van der Waals surface area contributed by atoms with E-state index in [1.54, 1.807) is 17.3 Å². The molecule has 10 heteroatoms. The number of alkyl halides is 2. The van der Waals surface area contributed by atoms with Crippen LogP contribution in [0.4, 0.5) is 14.5 Å². The number of nitrogens with zero attached hydrogens (tertiary/aromatic N) is 5. The average Bonchev–Trinajstić information content (AvgIpc) is 3.00. The normalized spacial score (nSPS) is 17.3. The number of hydrogen-bond donors (Lipinski definition) is 0. The standard InChI is InChI=1S/C16H11F2N5O2S/c17-12(18)14-22-21-13(25-14)10-6-20-11(26-10)7-23-9-5-19-4-1-8(9)16(2-3-16)15(23)24/h1,4-6,12H,2-3,7H2. The first kappa shape index (κ1) is 15.5. The minimum atomic E-state index is -2.82. The van der Waals surface area contributed by atoms with Crippen LogP contribution in [0.5, 0.6) is 0 Å². The van der Waals surface area contributed by atoms with E-state index in [1.807, 2.05) is 6.07 Å². The molecule has 7 nitrogen and oxygen atoms in total. The number of carbonyl (C=O) groups excluding carboxylic acids is 1. The summed E-state index contributed by atoms with van der Waals surface area (Å²) in [4.78, 5) is 23.4. The van der Waals surface area contributed by atoms with Crippen LogP contribution in [-0.4, -0.2) is 26.1 Å². The van der Waals surface area contributed by atoms with Gasteiger partial charge in [0.05, 0.1) is 30.0 Å². The van der Waals surface area contributed by atoms with Crippen LogP contribution in [0.2, 0.25) is 0 Å². The molecule has 132 valence electrons. The first-order chi connectivity index (χ1) is 12.6. The van der Waals surface area contributed by atoms with E-state index < -0.39 is 17.7 Å². The second-order valence-corrected chi connectivity index (χ2v) is 7.35. The van der Waals surface area contributed by atoms with Crippen molar-refractivity contribution in [3.63, 3.8) is 0 Å². The summed E-state index contributed by atoms with van der Waals surface area (Å²) in [6.07, 6.45) is 3.77. The molecule has 0 radical (unpaired) electrons. The number of fused-ring (bicyclic) bond motifs is 2. The molecule has 1 spiro atoms. The topological polar surface area (TPSA) is 85.0 Å². The lowest BCUT2D eigenvalue weighted by Crippen LogP contribution is -2.31. The molecule has 4 heterocycles. The molecule has 3 aromatic rings. The fourth-order valence-electron chi connectivity index (χ4n) is 3.29. The van der Waals surface area contributed by atoms with Gasteiger partial charge in [-0.2, -0.15) is 8.78 Å². The zero-order valence-corrected chi connectivity index (χ0v) is 14.0. The van der Waals surface area contributed by atoms with Gasteiger partial charge < -0.3 is 9.32 Å². The maximum Gasteiger partial charge on any atom is 0.314 e. The molecular formula is C16H11F2N5O2S. The fraction of sp³-hybridized carbons (Fsp3) is 0.312. The van der Waals surface area contributed by atoms with Gasteiger partial charge in [0.2, 0.25) is 5.91 Å². The summed E-state index contributed by atoms with van der Waals surface area (Å²) < 4.78 is 30.1. The molecule has 0 bridgehead atoms. The van der Waals surface area contributed by atoms with E-state index in [0.717, 1.165) is 24.1 Å². The zero-order chi connectivity index (χ0) is 17.9. The van der Waals surface area contributed by atoms with Gasteiger partial charge in [-0.25, -0.2) is 4.98 Å². The monoisotopic (exact) mass is 375 g/mol. The number of thiazole rings is 1. The number of pyridine rings is 1. The Labute approximate surface area is 149 Å². The van der Waals surface area contributed by atoms with Crippen LogP contribution in [0.3, 0.4) is 0 Å². The van der Waals surface area contributed by atoms with Crippen molar-refractivity contribution in [2.75, 3.05) is 4.90 Å². The number of halogens is 2. The number of aromatic nitrogens is 4. The van der Waals surface area contributed by atoms with Gasteiger partial charge in [-0.05, 0) is 24.5 Å². The predicted octanol–water partition coefficient (Wildman–Crippen LogP) is 3.10. The molecule has 1 amide bonds. The smallest absolute Gasteiger partial charge is 0.314 e.